The highest BCUT2D eigenvalue weighted by atomic mass is 16.5. The molecule has 18 heavy (non-hydrogen) atoms. The van der Waals surface area contributed by atoms with E-state index in [-0.39, 0.29) is 6.04 Å². The van der Waals surface area contributed by atoms with E-state index in [4.69, 9.17) is 10.5 Å². The second kappa shape index (κ2) is 6.91. The van der Waals surface area contributed by atoms with Crippen molar-refractivity contribution in [3.05, 3.63) is 34.4 Å². The molecule has 1 aromatic carbocycles. The smallest absolute Gasteiger partial charge is 0.0543 e. The predicted octanol–water partition coefficient (Wildman–Crippen LogP) is 3.30. The molecule has 0 fully saturated rings. The molecule has 1 rings (SSSR count). The van der Waals surface area contributed by atoms with Crippen molar-refractivity contribution in [2.75, 3.05) is 7.11 Å². The Hall–Kier alpha value is -0.860. The summed E-state index contributed by atoms with van der Waals surface area (Å²) in [5.41, 5.74) is 11.7. The number of hydrogen-bond acceptors (Lipinski definition) is 2. The second-order valence-electron chi connectivity index (χ2n) is 5.47. The Bertz CT molecular complexity index is 364. The van der Waals surface area contributed by atoms with Crippen molar-refractivity contribution in [3.63, 3.8) is 0 Å². The van der Waals surface area contributed by atoms with Gasteiger partial charge in [0.2, 0.25) is 0 Å². The van der Waals surface area contributed by atoms with Crippen LogP contribution in [-0.4, -0.2) is 19.3 Å². The molecule has 0 amide bonds. The van der Waals surface area contributed by atoms with Crippen molar-refractivity contribution in [1.82, 2.24) is 0 Å². The molecule has 2 atom stereocenters. The number of rotatable bonds is 6. The summed E-state index contributed by atoms with van der Waals surface area (Å²) in [4.78, 5) is 0. The van der Waals surface area contributed by atoms with Crippen molar-refractivity contribution in [1.29, 1.82) is 0 Å². The molecular formula is C16H27NO. The van der Waals surface area contributed by atoms with E-state index in [1.165, 1.54) is 22.3 Å². The van der Waals surface area contributed by atoms with Crippen LogP contribution in [0.2, 0.25) is 0 Å². The summed E-state index contributed by atoms with van der Waals surface area (Å²) >= 11 is 0. The highest BCUT2D eigenvalue weighted by Gasteiger charge is 2.11. The molecule has 2 nitrogen and oxygen atoms in total. The molecule has 0 aromatic heterocycles. The van der Waals surface area contributed by atoms with Crippen LogP contribution in [0.15, 0.2) is 12.1 Å². The molecule has 2 unspecified atom stereocenters. The lowest BCUT2D eigenvalue weighted by molar-refractivity contribution is 0.107. The quantitative estimate of drug-likeness (QED) is 0.839. The summed E-state index contributed by atoms with van der Waals surface area (Å²) in [5, 5.41) is 0. The zero-order valence-electron chi connectivity index (χ0n) is 12.4. The van der Waals surface area contributed by atoms with Crippen LogP contribution in [-0.2, 0) is 11.2 Å². The Balaban J connectivity index is 2.62. The van der Waals surface area contributed by atoms with Crippen LogP contribution in [0.25, 0.3) is 0 Å². The van der Waals surface area contributed by atoms with Crippen LogP contribution in [0.4, 0.5) is 0 Å². The van der Waals surface area contributed by atoms with Crippen molar-refractivity contribution < 1.29 is 4.74 Å². The number of hydrogen-bond donors (Lipinski definition) is 1. The Kier molecular flexibility index (Phi) is 5.83. The van der Waals surface area contributed by atoms with Crippen LogP contribution < -0.4 is 5.73 Å². The van der Waals surface area contributed by atoms with E-state index < -0.39 is 0 Å². The first kappa shape index (κ1) is 15.2. The van der Waals surface area contributed by atoms with Gasteiger partial charge in [-0.3, -0.25) is 0 Å². The first-order valence-corrected chi connectivity index (χ1v) is 6.79. The summed E-state index contributed by atoms with van der Waals surface area (Å²) in [6.07, 6.45) is 3.31. The average molecular weight is 249 g/mol. The van der Waals surface area contributed by atoms with Crippen LogP contribution in [0.3, 0.4) is 0 Å². The van der Waals surface area contributed by atoms with E-state index in [0.717, 1.165) is 19.3 Å². The van der Waals surface area contributed by atoms with Gasteiger partial charge >= 0.3 is 0 Å². The minimum absolute atomic E-state index is 0.225. The molecular weight excluding hydrogens is 222 g/mol. The first-order chi connectivity index (χ1) is 8.43. The molecule has 1 aromatic rings. The van der Waals surface area contributed by atoms with Gasteiger partial charge in [0.05, 0.1) is 6.10 Å². The maximum absolute atomic E-state index is 6.23. The van der Waals surface area contributed by atoms with Gasteiger partial charge in [-0.15, -0.1) is 0 Å². The summed E-state index contributed by atoms with van der Waals surface area (Å²) in [6, 6.07) is 4.71. The minimum Gasteiger partial charge on any atom is -0.382 e. The first-order valence-electron chi connectivity index (χ1n) is 6.79. The third-order valence-corrected chi connectivity index (χ3v) is 3.65. The minimum atomic E-state index is 0.225. The zero-order valence-corrected chi connectivity index (χ0v) is 12.4. The van der Waals surface area contributed by atoms with Crippen molar-refractivity contribution >= 4 is 0 Å². The molecule has 0 spiro atoms. The predicted molar refractivity (Wildman–Crippen MR) is 78.0 cm³/mol. The van der Waals surface area contributed by atoms with E-state index >= 15 is 0 Å². The summed E-state index contributed by atoms with van der Waals surface area (Å²) in [6.45, 7) is 8.60. The molecule has 0 saturated heterocycles. The number of aryl methyl sites for hydroxylation is 3. The van der Waals surface area contributed by atoms with E-state index in [9.17, 15) is 0 Å². The molecule has 0 aliphatic heterocycles. The molecule has 0 aliphatic rings. The fraction of sp³-hybridized carbons (Fsp3) is 0.625. The average Bonchev–Trinajstić information content (AvgIpc) is 2.30. The van der Waals surface area contributed by atoms with Crippen molar-refractivity contribution in [3.8, 4) is 0 Å². The van der Waals surface area contributed by atoms with E-state index in [0.29, 0.717) is 6.10 Å². The SMILES string of the molecule is COC(C)CCC(N)Cc1c(C)cc(C)cc1C. The number of benzene rings is 1. The third-order valence-electron chi connectivity index (χ3n) is 3.65. The van der Waals surface area contributed by atoms with Gasteiger partial charge in [-0.2, -0.15) is 0 Å². The third kappa shape index (κ3) is 4.43. The van der Waals surface area contributed by atoms with Gasteiger partial charge in [0.1, 0.15) is 0 Å². The second-order valence-corrected chi connectivity index (χ2v) is 5.47. The molecule has 0 bridgehead atoms. The van der Waals surface area contributed by atoms with Crippen LogP contribution in [0, 0.1) is 20.8 Å². The van der Waals surface area contributed by atoms with E-state index in [2.05, 4.69) is 39.8 Å². The van der Waals surface area contributed by atoms with Gasteiger partial charge in [0, 0.05) is 13.2 Å². The Morgan fingerprint density at radius 1 is 1.11 bits per heavy atom. The Morgan fingerprint density at radius 3 is 2.17 bits per heavy atom. The number of nitrogens with two attached hydrogens (primary N) is 1. The molecule has 2 N–H and O–H groups in total. The zero-order chi connectivity index (χ0) is 13.7. The highest BCUT2D eigenvalue weighted by molar-refractivity contribution is 5.37. The maximum atomic E-state index is 6.23. The van der Waals surface area contributed by atoms with Crippen LogP contribution in [0.1, 0.15) is 42.0 Å². The molecule has 0 saturated carbocycles. The fourth-order valence-corrected chi connectivity index (χ4v) is 2.46. The van der Waals surface area contributed by atoms with E-state index in [1.54, 1.807) is 7.11 Å². The summed E-state index contributed by atoms with van der Waals surface area (Å²) in [7, 11) is 1.75. The van der Waals surface area contributed by atoms with Crippen LogP contribution >= 0.6 is 0 Å². The maximum Gasteiger partial charge on any atom is 0.0543 e. The van der Waals surface area contributed by atoms with Gasteiger partial charge in [0.15, 0.2) is 0 Å². The summed E-state index contributed by atoms with van der Waals surface area (Å²) in [5.74, 6) is 0. The van der Waals surface area contributed by atoms with Crippen molar-refractivity contribution in [2.24, 2.45) is 5.73 Å². The molecule has 0 radical (unpaired) electrons. The van der Waals surface area contributed by atoms with Gasteiger partial charge < -0.3 is 10.5 Å². The fourth-order valence-electron chi connectivity index (χ4n) is 2.46. The Labute approximate surface area is 112 Å². The molecule has 0 heterocycles. The monoisotopic (exact) mass is 249 g/mol. The Morgan fingerprint density at radius 2 is 1.67 bits per heavy atom. The normalized spacial score (nSPS) is 14.6. The topological polar surface area (TPSA) is 35.2 Å². The lowest BCUT2D eigenvalue weighted by Crippen LogP contribution is -2.25. The highest BCUT2D eigenvalue weighted by Crippen LogP contribution is 2.19. The molecule has 2 heteroatoms. The van der Waals surface area contributed by atoms with Gasteiger partial charge in [-0.05, 0) is 63.6 Å². The molecule has 0 aliphatic carbocycles. The number of methoxy groups -OCH3 is 1. The van der Waals surface area contributed by atoms with E-state index in [1.807, 2.05) is 0 Å². The van der Waals surface area contributed by atoms with Crippen molar-refractivity contribution in [2.45, 2.75) is 59.1 Å². The van der Waals surface area contributed by atoms with Gasteiger partial charge in [-0.25, -0.2) is 0 Å². The van der Waals surface area contributed by atoms with Gasteiger partial charge in [0.25, 0.3) is 0 Å². The largest absolute Gasteiger partial charge is 0.382 e. The van der Waals surface area contributed by atoms with Crippen LogP contribution in [0.5, 0.6) is 0 Å². The lowest BCUT2D eigenvalue weighted by atomic mass is 9.93. The molecule has 102 valence electrons. The lowest BCUT2D eigenvalue weighted by Gasteiger charge is -2.18. The number of ether oxygens (including phenoxy) is 1. The van der Waals surface area contributed by atoms with Gasteiger partial charge in [-0.1, -0.05) is 17.7 Å². The standard InChI is InChI=1S/C16H27NO/c1-11-8-12(2)16(13(3)9-11)10-15(17)7-6-14(4)18-5/h8-9,14-15H,6-7,10,17H2,1-5H3. The summed E-state index contributed by atoms with van der Waals surface area (Å²) < 4.78 is 5.26.